The van der Waals surface area contributed by atoms with E-state index >= 15 is 0 Å². The Labute approximate surface area is 191 Å². The van der Waals surface area contributed by atoms with E-state index in [0.717, 1.165) is 35.6 Å². The van der Waals surface area contributed by atoms with Crippen LogP contribution in [0.15, 0.2) is 61.4 Å². The Hall–Kier alpha value is -4.14. The molecule has 4 aromatic rings. The summed E-state index contributed by atoms with van der Waals surface area (Å²) in [7, 11) is 1.96. The molecule has 33 heavy (non-hydrogen) atoms. The minimum absolute atomic E-state index is 0.271. The molecule has 0 atom stereocenters. The maximum absolute atomic E-state index is 13.0. The lowest BCUT2D eigenvalue weighted by Crippen LogP contribution is -2.28. The smallest absolute Gasteiger partial charge is 0.273 e. The van der Waals surface area contributed by atoms with E-state index < -0.39 is 0 Å². The van der Waals surface area contributed by atoms with Gasteiger partial charge in [0.25, 0.3) is 5.91 Å². The van der Waals surface area contributed by atoms with Gasteiger partial charge >= 0.3 is 0 Å². The fourth-order valence-electron chi connectivity index (χ4n) is 3.59. The molecule has 166 valence electrons. The van der Waals surface area contributed by atoms with Crippen LogP contribution in [0, 0.1) is 0 Å². The lowest BCUT2D eigenvalue weighted by molar-refractivity contribution is 0.0949. The normalized spacial score (nSPS) is 13.0. The molecule has 1 aliphatic rings. The minimum atomic E-state index is -0.276. The van der Waals surface area contributed by atoms with Crippen molar-refractivity contribution in [2.24, 2.45) is 7.05 Å². The molecule has 9 heteroatoms. The third-order valence-electron chi connectivity index (χ3n) is 5.50. The molecule has 0 aliphatic heterocycles. The number of nitrogens with one attached hydrogen (secondary N) is 2. The van der Waals surface area contributed by atoms with Gasteiger partial charge in [-0.15, -0.1) is 0 Å². The lowest BCUT2D eigenvalue weighted by Gasteiger charge is -2.12. The number of carbonyl (C=O) groups is 1. The van der Waals surface area contributed by atoms with Crippen LogP contribution in [0.2, 0.25) is 0 Å². The summed E-state index contributed by atoms with van der Waals surface area (Å²) in [6.07, 6.45) is 11.2. The van der Waals surface area contributed by atoms with Gasteiger partial charge in [0.05, 0.1) is 35.7 Å². The van der Waals surface area contributed by atoms with Crippen molar-refractivity contribution >= 4 is 17.4 Å². The Balaban J connectivity index is 1.28. The number of rotatable bonds is 8. The summed E-state index contributed by atoms with van der Waals surface area (Å²) in [5.41, 5.74) is 3.75. The highest BCUT2D eigenvalue weighted by Crippen LogP contribution is 2.39. The third kappa shape index (κ3) is 4.87. The van der Waals surface area contributed by atoms with Crippen molar-refractivity contribution in [2.45, 2.75) is 25.2 Å². The zero-order valence-electron chi connectivity index (χ0n) is 18.3. The van der Waals surface area contributed by atoms with Crippen LogP contribution in [0.3, 0.4) is 0 Å². The summed E-state index contributed by atoms with van der Waals surface area (Å²) in [5, 5.41) is 6.07. The Morgan fingerprint density at radius 2 is 1.88 bits per heavy atom. The van der Waals surface area contributed by atoms with Gasteiger partial charge in [0.2, 0.25) is 0 Å². The molecule has 1 amide bonds. The molecule has 1 fully saturated rings. The minimum Gasteiger partial charge on any atom is -0.350 e. The van der Waals surface area contributed by atoms with E-state index in [1.165, 1.54) is 6.33 Å². The van der Waals surface area contributed by atoms with Crippen molar-refractivity contribution in [3.8, 4) is 11.3 Å². The van der Waals surface area contributed by atoms with Crippen LogP contribution in [0.1, 0.15) is 40.8 Å². The van der Waals surface area contributed by atoms with Crippen LogP contribution in [-0.2, 0) is 13.5 Å². The highest BCUT2D eigenvalue weighted by molar-refractivity contribution is 5.97. The summed E-state index contributed by atoms with van der Waals surface area (Å²) < 4.78 is 1.99. The second-order valence-electron chi connectivity index (χ2n) is 8.04. The Morgan fingerprint density at radius 3 is 2.64 bits per heavy atom. The van der Waals surface area contributed by atoms with E-state index in [1.807, 2.05) is 48.1 Å². The van der Waals surface area contributed by atoms with E-state index in [0.29, 0.717) is 30.4 Å². The zero-order valence-corrected chi connectivity index (χ0v) is 18.3. The van der Waals surface area contributed by atoms with Crippen molar-refractivity contribution in [3.63, 3.8) is 0 Å². The number of carbonyl (C=O) groups excluding carboxylic acids is 1. The van der Waals surface area contributed by atoms with E-state index in [4.69, 9.17) is 4.98 Å². The molecule has 0 spiro atoms. The first-order chi connectivity index (χ1) is 16.2. The van der Waals surface area contributed by atoms with Gasteiger partial charge in [-0.3, -0.25) is 4.79 Å². The number of hydrogen-bond donors (Lipinski definition) is 2. The number of imidazole rings is 1. The molecule has 3 aromatic heterocycles. The summed E-state index contributed by atoms with van der Waals surface area (Å²) in [4.78, 5) is 34.8. The van der Waals surface area contributed by atoms with Gasteiger partial charge in [-0.2, -0.15) is 0 Å². The highest BCUT2D eigenvalue weighted by Gasteiger charge is 2.27. The average Bonchev–Trinajstić information content (AvgIpc) is 3.63. The highest BCUT2D eigenvalue weighted by atomic mass is 16.1. The molecular formula is C24H24N8O. The molecule has 9 nitrogen and oxygen atoms in total. The third-order valence-corrected chi connectivity index (χ3v) is 5.50. The SMILES string of the molecule is Cn1cc(-c2ccccc2)nc1CCNC(=O)c1nc(C2CC2)cnc1Nc1cncnc1. The first-order valence-corrected chi connectivity index (χ1v) is 10.9. The number of nitrogens with zero attached hydrogens (tertiary/aromatic N) is 6. The number of anilines is 2. The molecule has 3 heterocycles. The fraction of sp³-hybridized carbons (Fsp3) is 0.250. The summed E-state index contributed by atoms with van der Waals surface area (Å²) in [6, 6.07) is 10.0. The van der Waals surface area contributed by atoms with Crippen LogP contribution >= 0.6 is 0 Å². The Kier molecular flexibility index (Phi) is 5.75. The fourth-order valence-corrected chi connectivity index (χ4v) is 3.59. The maximum atomic E-state index is 13.0. The second-order valence-corrected chi connectivity index (χ2v) is 8.04. The van der Waals surface area contributed by atoms with Gasteiger partial charge in [0, 0.05) is 37.7 Å². The van der Waals surface area contributed by atoms with Crippen molar-refractivity contribution in [1.82, 2.24) is 34.8 Å². The van der Waals surface area contributed by atoms with E-state index in [9.17, 15) is 4.79 Å². The lowest BCUT2D eigenvalue weighted by atomic mass is 10.2. The number of aryl methyl sites for hydroxylation is 1. The molecule has 1 saturated carbocycles. The molecule has 0 radical (unpaired) electrons. The molecule has 2 N–H and O–H groups in total. The van der Waals surface area contributed by atoms with E-state index in [2.05, 4.69) is 30.6 Å². The molecule has 1 aliphatic carbocycles. The predicted molar refractivity (Wildman–Crippen MR) is 124 cm³/mol. The van der Waals surface area contributed by atoms with Crippen LogP contribution in [0.4, 0.5) is 11.5 Å². The largest absolute Gasteiger partial charge is 0.350 e. The van der Waals surface area contributed by atoms with Gasteiger partial charge in [-0.1, -0.05) is 30.3 Å². The van der Waals surface area contributed by atoms with Crippen LogP contribution in [0.25, 0.3) is 11.3 Å². The Morgan fingerprint density at radius 1 is 1.09 bits per heavy atom. The topological polar surface area (TPSA) is 111 Å². The molecule has 5 rings (SSSR count). The number of aromatic nitrogens is 6. The maximum Gasteiger partial charge on any atom is 0.273 e. The van der Waals surface area contributed by atoms with Crippen LogP contribution in [0.5, 0.6) is 0 Å². The summed E-state index contributed by atoms with van der Waals surface area (Å²) >= 11 is 0. The first-order valence-electron chi connectivity index (χ1n) is 10.9. The van der Waals surface area contributed by atoms with E-state index in [-0.39, 0.29) is 11.6 Å². The molecule has 0 bridgehead atoms. The second kappa shape index (κ2) is 9.15. The molecule has 0 unspecified atom stereocenters. The number of benzene rings is 1. The van der Waals surface area contributed by atoms with Gasteiger partial charge in [-0.05, 0) is 12.8 Å². The van der Waals surface area contributed by atoms with Crippen LogP contribution in [-0.4, -0.2) is 41.9 Å². The van der Waals surface area contributed by atoms with Crippen molar-refractivity contribution in [3.05, 3.63) is 78.7 Å². The van der Waals surface area contributed by atoms with E-state index in [1.54, 1.807) is 18.6 Å². The zero-order chi connectivity index (χ0) is 22.6. The molecular weight excluding hydrogens is 416 g/mol. The summed E-state index contributed by atoms with van der Waals surface area (Å²) in [6.45, 7) is 0.432. The molecule has 1 aromatic carbocycles. The van der Waals surface area contributed by atoms with Gasteiger partial charge in [0.1, 0.15) is 12.2 Å². The quantitative estimate of drug-likeness (QED) is 0.433. The van der Waals surface area contributed by atoms with Crippen molar-refractivity contribution in [2.75, 3.05) is 11.9 Å². The Bertz CT molecular complexity index is 1250. The summed E-state index contributed by atoms with van der Waals surface area (Å²) in [5.74, 6) is 1.39. The number of hydrogen-bond acceptors (Lipinski definition) is 7. The monoisotopic (exact) mass is 440 g/mol. The van der Waals surface area contributed by atoms with Crippen LogP contribution < -0.4 is 10.6 Å². The molecule has 0 saturated heterocycles. The van der Waals surface area contributed by atoms with Gasteiger partial charge in [0.15, 0.2) is 11.5 Å². The predicted octanol–water partition coefficient (Wildman–Crippen LogP) is 3.26. The average molecular weight is 441 g/mol. The van der Waals surface area contributed by atoms with Crippen molar-refractivity contribution < 1.29 is 4.79 Å². The standard InChI is InChI=1S/C24H24N8O/c1-32-14-20(16-5-3-2-4-6-16)30-21(32)9-10-27-24(33)22-23(29-18-11-25-15-26-12-18)28-13-19(31-22)17-7-8-17/h2-6,11-15,17H,7-10H2,1H3,(H,27,33)(H,28,29). The van der Waals surface area contributed by atoms with Crippen molar-refractivity contribution in [1.29, 1.82) is 0 Å². The first kappa shape index (κ1) is 20.7. The van der Waals surface area contributed by atoms with Gasteiger partial charge < -0.3 is 15.2 Å². The number of amides is 1. The van der Waals surface area contributed by atoms with Gasteiger partial charge in [-0.25, -0.2) is 24.9 Å².